The Bertz CT molecular complexity index is 526. The first-order valence-electron chi connectivity index (χ1n) is 8.15. The number of hydrogen-bond donors (Lipinski definition) is 2. The molecule has 24 heavy (non-hydrogen) atoms. The molecule has 7 heteroatoms. The van der Waals surface area contributed by atoms with Crippen molar-refractivity contribution >= 4 is 11.9 Å². The number of hydrogen-bond acceptors (Lipinski definition) is 4. The molecule has 0 aliphatic carbocycles. The number of ether oxygens (including phenoxy) is 1. The number of aliphatic imine (C=N–C) groups is 1. The highest BCUT2D eigenvalue weighted by molar-refractivity contribution is 5.86. The number of likely N-dealkylation sites (N-methyl/N-ethyl adjacent to an activating group) is 1. The van der Waals surface area contributed by atoms with Crippen LogP contribution in [0.25, 0.3) is 0 Å². The van der Waals surface area contributed by atoms with Crippen LogP contribution >= 0.6 is 0 Å². The molecule has 0 atom stereocenters. The molecule has 7 nitrogen and oxygen atoms in total. The molecule has 0 saturated carbocycles. The molecule has 0 saturated heterocycles. The molecule has 1 rings (SSSR count). The molecule has 1 heterocycles. The van der Waals surface area contributed by atoms with Crippen molar-refractivity contribution in [3.8, 4) is 5.75 Å². The third kappa shape index (κ3) is 8.36. The van der Waals surface area contributed by atoms with Gasteiger partial charge >= 0.3 is 0 Å². The predicted molar refractivity (Wildman–Crippen MR) is 96.2 cm³/mol. The van der Waals surface area contributed by atoms with Gasteiger partial charge in [0.05, 0.1) is 19.3 Å². The number of nitrogens with one attached hydrogen (secondary N) is 2. The third-order valence-electron chi connectivity index (χ3n) is 2.85. The minimum absolute atomic E-state index is 0.0396. The van der Waals surface area contributed by atoms with E-state index in [-0.39, 0.29) is 18.0 Å². The average Bonchev–Trinajstić information content (AvgIpc) is 2.49. The van der Waals surface area contributed by atoms with Crippen molar-refractivity contribution in [3.63, 3.8) is 0 Å². The highest BCUT2D eigenvalue weighted by Gasteiger charge is 2.16. The van der Waals surface area contributed by atoms with Crippen LogP contribution in [0.3, 0.4) is 0 Å². The SMILES string of the molecule is CCNC(=NCCOc1cccnc1)N(C)CC(=O)NC(C)(C)C. The van der Waals surface area contributed by atoms with Gasteiger partial charge in [-0.15, -0.1) is 0 Å². The van der Waals surface area contributed by atoms with Crippen molar-refractivity contribution in [1.29, 1.82) is 0 Å². The topological polar surface area (TPSA) is 78.9 Å². The number of rotatable bonds is 7. The van der Waals surface area contributed by atoms with Crippen molar-refractivity contribution in [2.24, 2.45) is 4.99 Å². The normalized spacial score (nSPS) is 11.8. The van der Waals surface area contributed by atoms with E-state index in [0.29, 0.717) is 19.1 Å². The van der Waals surface area contributed by atoms with Crippen LogP contribution in [-0.4, -0.2) is 60.6 Å². The number of amides is 1. The standard InChI is InChI=1S/C17H29N5O2/c1-6-19-16(22(5)13-15(23)21-17(2,3)4)20-10-11-24-14-8-7-9-18-12-14/h7-9,12H,6,10-11,13H2,1-5H3,(H,19,20)(H,21,23). The van der Waals surface area contributed by atoms with Crippen LogP contribution in [0.2, 0.25) is 0 Å². The average molecular weight is 335 g/mol. The van der Waals surface area contributed by atoms with Crippen LogP contribution < -0.4 is 15.4 Å². The van der Waals surface area contributed by atoms with Gasteiger partial charge in [-0.2, -0.15) is 0 Å². The summed E-state index contributed by atoms with van der Waals surface area (Å²) in [6.07, 6.45) is 3.36. The van der Waals surface area contributed by atoms with Crippen LogP contribution in [0, 0.1) is 0 Å². The van der Waals surface area contributed by atoms with E-state index in [2.05, 4.69) is 20.6 Å². The lowest BCUT2D eigenvalue weighted by Crippen LogP contribution is -2.48. The number of pyridine rings is 1. The van der Waals surface area contributed by atoms with Crippen LogP contribution in [0.1, 0.15) is 27.7 Å². The van der Waals surface area contributed by atoms with Gasteiger partial charge in [-0.1, -0.05) is 0 Å². The molecular formula is C17H29N5O2. The Morgan fingerprint density at radius 2 is 2.17 bits per heavy atom. The van der Waals surface area contributed by atoms with Gasteiger partial charge in [-0.3, -0.25) is 9.78 Å². The Hall–Kier alpha value is -2.31. The molecule has 0 aromatic carbocycles. The fourth-order valence-corrected chi connectivity index (χ4v) is 1.97. The lowest BCUT2D eigenvalue weighted by atomic mass is 10.1. The molecule has 1 aromatic rings. The number of guanidine groups is 1. The zero-order valence-corrected chi connectivity index (χ0v) is 15.3. The summed E-state index contributed by atoms with van der Waals surface area (Å²) in [6, 6.07) is 3.68. The van der Waals surface area contributed by atoms with Gasteiger partial charge in [0.15, 0.2) is 5.96 Å². The monoisotopic (exact) mass is 335 g/mol. The van der Waals surface area contributed by atoms with Gasteiger partial charge in [0.1, 0.15) is 12.4 Å². The Labute approximate surface area is 144 Å². The molecular weight excluding hydrogens is 306 g/mol. The van der Waals surface area contributed by atoms with Gasteiger partial charge in [-0.25, -0.2) is 4.99 Å². The first-order chi connectivity index (χ1) is 11.3. The Balaban J connectivity index is 2.49. The first-order valence-corrected chi connectivity index (χ1v) is 8.15. The van der Waals surface area contributed by atoms with Crippen molar-refractivity contribution in [2.45, 2.75) is 33.2 Å². The van der Waals surface area contributed by atoms with Crippen molar-refractivity contribution in [1.82, 2.24) is 20.5 Å². The molecule has 0 fully saturated rings. The molecule has 134 valence electrons. The largest absolute Gasteiger partial charge is 0.490 e. The van der Waals surface area contributed by atoms with Crippen LogP contribution in [0.4, 0.5) is 0 Å². The van der Waals surface area contributed by atoms with Crippen LogP contribution in [0.15, 0.2) is 29.5 Å². The zero-order chi connectivity index (χ0) is 18.0. The van der Waals surface area contributed by atoms with E-state index in [9.17, 15) is 4.79 Å². The van der Waals surface area contributed by atoms with Crippen molar-refractivity contribution in [3.05, 3.63) is 24.5 Å². The summed E-state index contributed by atoms with van der Waals surface area (Å²) in [6.45, 7) is 9.77. The lowest BCUT2D eigenvalue weighted by molar-refractivity contribution is -0.122. The van der Waals surface area contributed by atoms with Crippen LogP contribution in [0.5, 0.6) is 5.75 Å². The summed E-state index contributed by atoms with van der Waals surface area (Å²) >= 11 is 0. The van der Waals surface area contributed by atoms with Crippen LogP contribution in [-0.2, 0) is 4.79 Å². The maximum absolute atomic E-state index is 12.0. The quantitative estimate of drug-likeness (QED) is 0.446. The van der Waals surface area contributed by atoms with Gasteiger partial charge in [-0.05, 0) is 39.8 Å². The number of carbonyl (C=O) groups excluding carboxylic acids is 1. The summed E-state index contributed by atoms with van der Waals surface area (Å²) in [7, 11) is 1.84. The highest BCUT2D eigenvalue weighted by atomic mass is 16.5. The fraction of sp³-hybridized carbons (Fsp3) is 0.588. The van der Waals surface area contributed by atoms with E-state index in [4.69, 9.17) is 4.74 Å². The second-order valence-corrected chi connectivity index (χ2v) is 6.43. The second-order valence-electron chi connectivity index (χ2n) is 6.43. The number of nitrogens with zero attached hydrogens (tertiary/aromatic N) is 3. The van der Waals surface area contributed by atoms with E-state index in [0.717, 1.165) is 12.3 Å². The minimum atomic E-state index is -0.245. The van der Waals surface area contributed by atoms with E-state index >= 15 is 0 Å². The fourth-order valence-electron chi connectivity index (χ4n) is 1.97. The molecule has 2 N–H and O–H groups in total. The molecule has 1 aromatic heterocycles. The summed E-state index contributed by atoms with van der Waals surface area (Å²) in [4.78, 5) is 22.3. The maximum atomic E-state index is 12.0. The summed E-state index contributed by atoms with van der Waals surface area (Å²) in [5, 5.41) is 6.12. The smallest absolute Gasteiger partial charge is 0.240 e. The molecule has 0 aliphatic rings. The molecule has 0 spiro atoms. The highest BCUT2D eigenvalue weighted by Crippen LogP contribution is 2.05. The van der Waals surface area contributed by atoms with Gasteiger partial charge in [0, 0.05) is 25.3 Å². The summed E-state index contributed by atoms with van der Waals surface area (Å²) in [5.74, 6) is 1.36. The van der Waals surface area contributed by atoms with E-state index in [1.807, 2.05) is 46.9 Å². The Kier molecular flexibility index (Phi) is 8.01. The van der Waals surface area contributed by atoms with E-state index in [1.165, 1.54) is 0 Å². The van der Waals surface area contributed by atoms with Crippen molar-refractivity contribution in [2.75, 3.05) is 33.3 Å². The molecule has 0 radical (unpaired) electrons. The molecule has 0 unspecified atom stereocenters. The Morgan fingerprint density at radius 3 is 2.75 bits per heavy atom. The van der Waals surface area contributed by atoms with E-state index < -0.39 is 0 Å². The second kappa shape index (κ2) is 9.75. The summed E-state index contributed by atoms with van der Waals surface area (Å²) < 4.78 is 5.57. The van der Waals surface area contributed by atoms with E-state index in [1.54, 1.807) is 17.3 Å². The van der Waals surface area contributed by atoms with Gasteiger partial charge in [0.2, 0.25) is 5.91 Å². The lowest BCUT2D eigenvalue weighted by Gasteiger charge is -2.25. The van der Waals surface area contributed by atoms with Crippen molar-refractivity contribution < 1.29 is 9.53 Å². The number of carbonyl (C=O) groups is 1. The van der Waals surface area contributed by atoms with Gasteiger partial charge in [0.25, 0.3) is 0 Å². The Morgan fingerprint density at radius 1 is 1.42 bits per heavy atom. The van der Waals surface area contributed by atoms with Gasteiger partial charge < -0.3 is 20.3 Å². The first kappa shape index (κ1) is 19.7. The minimum Gasteiger partial charge on any atom is -0.490 e. The summed E-state index contributed by atoms with van der Waals surface area (Å²) in [5.41, 5.74) is -0.245. The zero-order valence-electron chi connectivity index (χ0n) is 15.3. The molecule has 0 aliphatic heterocycles. The molecule has 0 bridgehead atoms. The predicted octanol–water partition coefficient (Wildman–Crippen LogP) is 1.27. The number of aromatic nitrogens is 1. The maximum Gasteiger partial charge on any atom is 0.240 e. The third-order valence-corrected chi connectivity index (χ3v) is 2.85. The molecule has 1 amide bonds.